The molecule has 1 fully saturated rings. The smallest absolute Gasteiger partial charge is 0.280 e. The maximum atomic E-state index is 13.2. The summed E-state index contributed by atoms with van der Waals surface area (Å²) in [6.07, 6.45) is 3.22. The van der Waals surface area contributed by atoms with Gasteiger partial charge in [-0.05, 0) is 44.0 Å². The molecule has 5 rings (SSSR count). The van der Waals surface area contributed by atoms with Gasteiger partial charge in [0.1, 0.15) is 5.75 Å². The van der Waals surface area contributed by atoms with Crippen molar-refractivity contribution in [3.05, 3.63) is 57.9 Å². The summed E-state index contributed by atoms with van der Waals surface area (Å²) < 4.78 is 34.5. The minimum atomic E-state index is -3.55. The zero-order valence-electron chi connectivity index (χ0n) is 19.0. The van der Waals surface area contributed by atoms with Crippen LogP contribution in [-0.2, 0) is 23.3 Å². The number of anilines is 1. The summed E-state index contributed by atoms with van der Waals surface area (Å²) in [6, 6.07) is 8.93. The number of fused-ring (bicyclic) bond motifs is 1. The third-order valence-corrected chi connectivity index (χ3v) is 8.35. The molecule has 3 heterocycles. The highest BCUT2D eigenvalue weighted by Gasteiger charge is 2.36. The standard InChI is InChI=1S/C23H22N6O4S2/c1-13-7-16(17-8-14(9-24)3-6-20(17)33-2)18(10-25-13)22(30)27-23-26-19-11-29(12-21(19)34-23)35(31,32)28-15-4-5-15/h3,6-8,10,15,28H,4-5,11-12H2,1-2H3,(H,26,27,30). The third kappa shape index (κ3) is 4.76. The fourth-order valence-corrected chi connectivity index (χ4v) is 6.30. The molecule has 0 unspecified atom stereocenters. The molecule has 1 amide bonds. The van der Waals surface area contributed by atoms with Gasteiger partial charge in [0, 0.05) is 33.9 Å². The largest absolute Gasteiger partial charge is 0.496 e. The number of nitriles is 1. The maximum absolute atomic E-state index is 13.2. The van der Waals surface area contributed by atoms with Crippen LogP contribution in [0.4, 0.5) is 5.13 Å². The van der Waals surface area contributed by atoms with Gasteiger partial charge in [0.15, 0.2) is 5.13 Å². The molecule has 35 heavy (non-hydrogen) atoms. The molecule has 0 atom stereocenters. The highest BCUT2D eigenvalue weighted by Crippen LogP contribution is 2.36. The second kappa shape index (κ2) is 9.01. The van der Waals surface area contributed by atoms with Crippen LogP contribution in [0.25, 0.3) is 11.1 Å². The van der Waals surface area contributed by atoms with E-state index in [1.54, 1.807) is 24.3 Å². The number of benzene rings is 1. The van der Waals surface area contributed by atoms with E-state index in [4.69, 9.17) is 4.74 Å². The number of rotatable bonds is 7. The monoisotopic (exact) mass is 510 g/mol. The Bertz CT molecular complexity index is 1450. The predicted octanol–water partition coefficient (Wildman–Crippen LogP) is 2.96. The molecule has 0 spiro atoms. The van der Waals surface area contributed by atoms with Gasteiger partial charge in [-0.1, -0.05) is 11.3 Å². The number of aromatic nitrogens is 2. The van der Waals surface area contributed by atoms with E-state index in [0.717, 1.165) is 17.7 Å². The van der Waals surface area contributed by atoms with Gasteiger partial charge in [-0.25, -0.2) is 4.98 Å². The van der Waals surface area contributed by atoms with E-state index < -0.39 is 16.1 Å². The van der Waals surface area contributed by atoms with Crippen molar-refractivity contribution < 1.29 is 17.9 Å². The number of nitrogens with one attached hydrogen (secondary N) is 2. The lowest BCUT2D eigenvalue weighted by Crippen LogP contribution is -2.38. The number of aryl methyl sites for hydroxylation is 1. The first kappa shape index (κ1) is 23.4. The number of carbonyl (C=O) groups is 1. The van der Waals surface area contributed by atoms with E-state index in [9.17, 15) is 18.5 Å². The van der Waals surface area contributed by atoms with Crippen molar-refractivity contribution in [2.24, 2.45) is 0 Å². The Labute approximate surface area is 206 Å². The lowest BCUT2D eigenvalue weighted by atomic mass is 9.97. The molecule has 1 aliphatic heterocycles. The molecule has 3 aromatic rings. The van der Waals surface area contributed by atoms with Crippen LogP contribution in [0, 0.1) is 18.3 Å². The number of pyridine rings is 1. The fraction of sp³-hybridized carbons (Fsp3) is 0.304. The Kier molecular flexibility index (Phi) is 6.02. The molecule has 2 aromatic heterocycles. The summed E-state index contributed by atoms with van der Waals surface area (Å²) in [5.74, 6) is 0.113. The molecule has 0 radical (unpaired) electrons. The highest BCUT2D eigenvalue weighted by atomic mass is 32.2. The molecule has 1 saturated carbocycles. The average molecular weight is 511 g/mol. The van der Waals surface area contributed by atoms with E-state index in [2.05, 4.69) is 26.1 Å². The van der Waals surface area contributed by atoms with Gasteiger partial charge in [0.05, 0.1) is 43.1 Å². The summed E-state index contributed by atoms with van der Waals surface area (Å²) in [6.45, 7) is 2.20. The first-order chi connectivity index (χ1) is 16.8. The molecule has 180 valence electrons. The molecule has 0 bridgehead atoms. The number of carbonyl (C=O) groups excluding carboxylic acids is 1. The molecule has 12 heteroatoms. The molecular weight excluding hydrogens is 488 g/mol. The molecular formula is C23H22N6O4S2. The normalized spacial score (nSPS) is 15.5. The minimum absolute atomic E-state index is 0.0336. The number of amides is 1. The number of thiazole rings is 1. The summed E-state index contributed by atoms with van der Waals surface area (Å²) in [7, 11) is -2.02. The Balaban J connectivity index is 1.38. The van der Waals surface area contributed by atoms with E-state index in [1.807, 2.05) is 6.92 Å². The number of methoxy groups -OCH3 is 1. The topological polar surface area (TPSA) is 137 Å². The second-order valence-electron chi connectivity index (χ2n) is 8.41. The zero-order chi connectivity index (χ0) is 24.7. The summed E-state index contributed by atoms with van der Waals surface area (Å²) in [4.78, 5) is 22.8. The molecule has 2 N–H and O–H groups in total. The van der Waals surface area contributed by atoms with Gasteiger partial charge in [0.25, 0.3) is 16.1 Å². The molecule has 2 aliphatic rings. The third-order valence-electron chi connectivity index (χ3n) is 5.78. The highest BCUT2D eigenvalue weighted by molar-refractivity contribution is 7.87. The summed E-state index contributed by atoms with van der Waals surface area (Å²) >= 11 is 1.25. The number of hydrogen-bond acceptors (Lipinski definition) is 8. The van der Waals surface area contributed by atoms with E-state index in [0.29, 0.717) is 44.5 Å². The van der Waals surface area contributed by atoms with Gasteiger partial charge in [0.2, 0.25) is 0 Å². The summed E-state index contributed by atoms with van der Waals surface area (Å²) in [5.41, 5.74) is 3.27. The lowest BCUT2D eigenvalue weighted by Gasteiger charge is -2.16. The molecule has 1 aliphatic carbocycles. The van der Waals surface area contributed by atoms with Crippen molar-refractivity contribution in [2.75, 3.05) is 12.4 Å². The molecule has 0 saturated heterocycles. The van der Waals surface area contributed by atoms with Crippen molar-refractivity contribution in [3.63, 3.8) is 0 Å². The van der Waals surface area contributed by atoms with E-state index in [-0.39, 0.29) is 19.1 Å². The Morgan fingerprint density at radius 3 is 2.74 bits per heavy atom. The Hall–Kier alpha value is -3.37. The first-order valence-corrected chi connectivity index (χ1v) is 13.2. The van der Waals surface area contributed by atoms with Gasteiger partial charge in [-0.3, -0.25) is 15.1 Å². The van der Waals surface area contributed by atoms with Gasteiger partial charge < -0.3 is 4.74 Å². The summed E-state index contributed by atoms with van der Waals surface area (Å²) in [5, 5.41) is 12.5. The van der Waals surface area contributed by atoms with Crippen molar-refractivity contribution in [1.82, 2.24) is 19.0 Å². The van der Waals surface area contributed by atoms with Crippen LogP contribution in [0.2, 0.25) is 0 Å². The average Bonchev–Trinajstić information content (AvgIpc) is 3.41. The Morgan fingerprint density at radius 1 is 1.26 bits per heavy atom. The van der Waals surface area contributed by atoms with Crippen molar-refractivity contribution >= 4 is 32.6 Å². The van der Waals surface area contributed by atoms with Gasteiger partial charge in [-0.2, -0.15) is 22.7 Å². The van der Waals surface area contributed by atoms with Crippen LogP contribution in [0.5, 0.6) is 5.75 Å². The van der Waals surface area contributed by atoms with Crippen molar-refractivity contribution in [3.8, 4) is 22.9 Å². The van der Waals surface area contributed by atoms with Crippen LogP contribution < -0.4 is 14.8 Å². The zero-order valence-corrected chi connectivity index (χ0v) is 20.7. The number of hydrogen-bond donors (Lipinski definition) is 2. The maximum Gasteiger partial charge on any atom is 0.280 e. The van der Waals surface area contributed by atoms with Crippen molar-refractivity contribution in [1.29, 1.82) is 5.26 Å². The first-order valence-electron chi connectivity index (χ1n) is 10.9. The quantitative estimate of drug-likeness (QED) is 0.498. The van der Waals surface area contributed by atoms with E-state index >= 15 is 0 Å². The fourth-order valence-electron chi connectivity index (χ4n) is 3.84. The SMILES string of the molecule is COc1ccc(C#N)cc1-c1cc(C)ncc1C(=O)Nc1nc2c(s1)CN(S(=O)(=O)NC1CC1)C2. The minimum Gasteiger partial charge on any atom is -0.496 e. The molecule has 1 aromatic carbocycles. The van der Waals surface area contributed by atoms with Crippen LogP contribution in [0.15, 0.2) is 30.5 Å². The lowest BCUT2D eigenvalue weighted by molar-refractivity contribution is 0.102. The van der Waals surface area contributed by atoms with Crippen LogP contribution in [0.1, 0.15) is 45.0 Å². The van der Waals surface area contributed by atoms with Crippen LogP contribution in [-0.4, -0.2) is 41.7 Å². The number of ether oxygens (including phenoxy) is 1. The van der Waals surface area contributed by atoms with Gasteiger partial charge in [-0.15, -0.1) is 0 Å². The van der Waals surface area contributed by atoms with Crippen LogP contribution >= 0.6 is 11.3 Å². The predicted molar refractivity (Wildman–Crippen MR) is 130 cm³/mol. The van der Waals surface area contributed by atoms with Crippen LogP contribution in [0.3, 0.4) is 0 Å². The molecule has 10 nitrogen and oxygen atoms in total. The van der Waals surface area contributed by atoms with Gasteiger partial charge >= 0.3 is 0 Å². The number of nitrogens with zero attached hydrogens (tertiary/aromatic N) is 4. The van der Waals surface area contributed by atoms with Crippen molar-refractivity contribution in [2.45, 2.75) is 38.9 Å². The Morgan fingerprint density at radius 2 is 2.06 bits per heavy atom. The van der Waals surface area contributed by atoms with E-state index in [1.165, 1.54) is 28.9 Å². The second-order valence-corrected chi connectivity index (χ2v) is 11.2.